The molecule has 2 heteroatoms. The van der Waals surface area contributed by atoms with Crippen molar-refractivity contribution in [1.29, 1.82) is 0 Å². The zero-order valence-electron chi connectivity index (χ0n) is 8.73. The molecule has 0 nitrogen and oxygen atoms in total. The first-order valence-corrected chi connectivity index (χ1v) is 6.77. The van der Waals surface area contributed by atoms with Gasteiger partial charge in [0.1, 0.15) is 0 Å². The number of unbranched alkanes of at least 4 members (excludes halogenated alkanes) is 6. The molecule has 71 valence electrons. The maximum Gasteiger partial charge on any atom is 0 e. The third-order valence-corrected chi connectivity index (χ3v) is 2.88. The van der Waals surface area contributed by atoms with Crippen LogP contribution in [0, 0.1) is 0 Å². The van der Waals surface area contributed by atoms with Crippen molar-refractivity contribution in [3.05, 3.63) is 0 Å². The summed E-state index contributed by atoms with van der Waals surface area (Å²) < 4.78 is 0. The van der Waals surface area contributed by atoms with Gasteiger partial charge in [-0.15, -0.1) is 8.58 Å². The molecule has 0 spiro atoms. The molecule has 0 N–H and O–H groups in total. The van der Waals surface area contributed by atoms with Crippen LogP contribution in [0.5, 0.6) is 0 Å². The zero-order valence-corrected chi connectivity index (χ0v) is 12.6. The molecule has 0 saturated carbocycles. The predicted molar refractivity (Wildman–Crippen MR) is 57.1 cm³/mol. The van der Waals surface area contributed by atoms with Gasteiger partial charge in [0.25, 0.3) is 0 Å². The number of rotatable bonds is 8. The van der Waals surface area contributed by atoms with Crippen molar-refractivity contribution < 1.29 is 32.7 Å². The van der Waals surface area contributed by atoms with Crippen LogP contribution in [-0.4, -0.2) is 12.8 Å². The summed E-state index contributed by atoms with van der Waals surface area (Å²) >= 11 is 0. The molecule has 1 atom stereocenters. The van der Waals surface area contributed by atoms with Crippen molar-refractivity contribution in [2.45, 2.75) is 51.9 Å². The molecule has 1 radical (unpaired) electrons. The van der Waals surface area contributed by atoms with Crippen molar-refractivity contribution in [1.82, 2.24) is 0 Å². The molecule has 0 saturated heterocycles. The summed E-state index contributed by atoms with van der Waals surface area (Å²) in [5, 5.41) is 0. The van der Waals surface area contributed by atoms with Crippen LogP contribution in [0.25, 0.3) is 0 Å². The first-order chi connectivity index (χ1) is 5.41. The Labute approximate surface area is 105 Å². The molecule has 0 heterocycles. The van der Waals surface area contributed by atoms with Gasteiger partial charge in [0.2, 0.25) is 0 Å². The van der Waals surface area contributed by atoms with Crippen LogP contribution in [0.2, 0.25) is 0 Å². The molecule has 0 aromatic heterocycles. The number of hydrogen-bond donors (Lipinski definition) is 0. The Kier molecular flexibility index (Phi) is 20.0. The standard InChI is InChI=1S/C10H23P.Y/c1-3-4-5-6-7-8-9-10-11-2;/h11H,3-10H2,1-2H3;. The molecule has 0 aromatic carbocycles. The summed E-state index contributed by atoms with van der Waals surface area (Å²) in [6, 6.07) is 0. The van der Waals surface area contributed by atoms with Crippen LogP contribution >= 0.6 is 8.58 Å². The van der Waals surface area contributed by atoms with Crippen LogP contribution in [0.1, 0.15) is 51.9 Å². The van der Waals surface area contributed by atoms with Crippen molar-refractivity contribution in [2.24, 2.45) is 0 Å². The fourth-order valence-corrected chi connectivity index (χ4v) is 1.86. The second-order valence-electron chi connectivity index (χ2n) is 3.22. The second kappa shape index (κ2) is 15.0. The second-order valence-corrected chi connectivity index (χ2v) is 4.43. The molecule has 0 rings (SSSR count). The van der Waals surface area contributed by atoms with E-state index in [1.165, 1.54) is 59.7 Å². The Balaban J connectivity index is 0. The summed E-state index contributed by atoms with van der Waals surface area (Å²) in [5.74, 6) is 0. The SMILES string of the molecule is CCCCCCCCCPC.[Y]. The molecule has 0 amide bonds. The summed E-state index contributed by atoms with van der Waals surface area (Å²) in [6.45, 7) is 4.58. The Morgan fingerprint density at radius 1 is 0.833 bits per heavy atom. The van der Waals surface area contributed by atoms with E-state index in [4.69, 9.17) is 0 Å². The average molecular weight is 263 g/mol. The van der Waals surface area contributed by atoms with E-state index in [9.17, 15) is 0 Å². The van der Waals surface area contributed by atoms with Gasteiger partial charge in [-0.3, -0.25) is 0 Å². The Bertz CT molecular complexity index is 58.9. The van der Waals surface area contributed by atoms with Gasteiger partial charge in [0.05, 0.1) is 0 Å². The van der Waals surface area contributed by atoms with E-state index in [2.05, 4.69) is 13.6 Å². The molecular formula is C10H23PY. The van der Waals surface area contributed by atoms with Crippen LogP contribution in [-0.2, 0) is 32.7 Å². The molecule has 0 fully saturated rings. The Morgan fingerprint density at radius 2 is 1.33 bits per heavy atom. The minimum Gasteiger partial charge on any atom is -0.125 e. The molecule has 0 aromatic rings. The summed E-state index contributed by atoms with van der Waals surface area (Å²) in [7, 11) is 1.17. The molecule has 12 heavy (non-hydrogen) atoms. The predicted octanol–water partition coefficient (Wildman–Crippen LogP) is 4.04. The van der Waals surface area contributed by atoms with E-state index in [0.29, 0.717) is 0 Å². The van der Waals surface area contributed by atoms with E-state index in [1.54, 1.807) is 0 Å². The summed E-state index contributed by atoms with van der Waals surface area (Å²) in [6.07, 6.45) is 11.6. The van der Waals surface area contributed by atoms with Crippen molar-refractivity contribution in [3.8, 4) is 0 Å². The van der Waals surface area contributed by atoms with Crippen molar-refractivity contribution in [3.63, 3.8) is 0 Å². The van der Waals surface area contributed by atoms with Gasteiger partial charge >= 0.3 is 0 Å². The smallest absolute Gasteiger partial charge is 0 e. The van der Waals surface area contributed by atoms with Gasteiger partial charge < -0.3 is 0 Å². The Hall–Kier alpha value is 1.53. The minimum absolute atomic E-state index is 0. The number of hydrogen-bond acceptors (Lipinski definition) is 0. The van der Waals surface area contributed by atoms with Crippen LogP contribution in [0.4, 0.5) is 0 Å². The van der Waals surface area contributed by atoms with E-state index >= 15 is 0 Å². The fourth-order valence-electron chi connectivity index (χ4n) is 1.26. The maximum atomic E-state index is 2.30. The monoisotopic (exact) mass is 263 g/mol. The fraction of sp³-hybridized carbons (Fsp3) is 1.00. The van der Waals surface area contributed by atoms with Crippen LogP contribution in [0.15, 0.2) is 0 Å². The van der Waals surface area contributed by atoms with Crippen molar-refractivity contribution >= 4 is 8.58 Å². The molecular weight excluding hydrogens is 240 g/mol. The van der Waals surface area contributed by atoms with Crippen LogP contribution in [0.3, 0.4) is 0 Å². The quantitative estimate of drug-likeness (QED) is 0.458. The largest absolute Gasteiger partial charge is 0.125 e. The van der Waals surface area contributed by atoms with E-state index in [-0.39, 0.29) is 32.7 Å². The first-order valence-electron chi connectivity index (χ1n) is 5.06. The minimum atomic E-state index is 0. The first kappa shape index (κ1) is 16.0. The van der Waals surface area contributed by atoms with Gasteiger partial charge in [0, 0.05) is 32.7 Å². The van der Waals surface area contributed by atoms with E-state index in [0.717, 1.165) is 0 Å². The zero-order chi connectivity index (χ0) is 8.36. The summed E-state index contributed by atoms with van der Waals surface area (Å²) in [4.78, 5) is 0. The van der Waals surface area contributed by atoms with E-state index < -0.39 is 0 Å². The molecule has 0 aliphatic carbocycles. The molecule has 1 unspecified atom stereocenters. The maximum absolute atomic E-state index is 2.30. The van der Waals surface area contributed by atoms with Crippen molar-refractivity contribution in [2.75, 3.05) is 12.8 Å². The third-order valence-electron chi connectivity index (χ3n) is 2.03. The van der Waals surface area contributed by atoms with Gasteiger partial charge in [0.15, 0.2) is 0 Å². The van der Waals surface area contributed by atoms with Gasteiger partial charge in [-0.1, -0.05) is 45.4 Å². The van der Waals surface area contributed by atoms with Gasteiger partial charge in [-0.2, -0.15) is 0 Å². The molecule has 0 aliphatic rings. The third kappa shape index (κ3) is 14.1. The molecule has 0 aliphatic heterocycles. The van der Waals surface area contributed by atoms with Gasteiger partial charge in [-0.05, 0) is 19.2 Å². The van der Waals surface area contributed by atoms with Gasteiger partial charge in [-0.25, -0.2) is 0 Å². The normalized spacial score (nSPS) is 10.5. The average Bonchev–Trinajstić information content (AvgIpc) is 2.03. The topological polar surface area (TPSA) is 0 Å². The summed E-state index contributed by atoms with van der Waals surface area (Å²) in [5.41, 5.74) is 0. The van der Waals surface area contributed by atoms with E-state index in [1.807, 2.05) is 0 Å². The van der Waals surface area contributed by atoms with Crippen LogP contribution < -0.4 is 0 Å². The Morgan fingerprint density at radius 3 is 1.83 bits per heavy atom. The molecule has 0 bridgehead atoms.